The largest absolute Gasteiger partial charge is 0.449 e. The molecule has 1 aliphatic carbocycles. The van der Waals surface area contributed by atoms with Gasteiger partial charge in [-0.3, -0.25) is 0 Å². The highest BCUT2D eigenvalue weighted by atomic mass is 16.6. The van der Waals surface area contributed by atoms with Crippen molar-refractivity contribution in [3.63, 3.8) is 0 Å². The van der Waals surface area contributed by atoms with Crippen LogP contribution in [0.2, 0.25) is 0 Å². The summed E-state index contributed by atoms with van der Waals surface area (Å²) in [6.07, 6.45) is 9.34. The minimum Gasteiger partial charge on any atom is -0.449 e. The highest BCUT2D eigenvalue weighted by molar-refractivity contribution is 5.67. The maximum Gasteiger partial charge on any atom is 0.409 e. The summed E-state index contributed by atoms with van der Waals surface area (Å²) >= 11 is 0. The van der Waals surface area contributed by atoms with Crippen LogP contribution in [0.4, 0.5) is 4.79 Å². The van der Waals surface area contributed by atoms with Gasteiger partial charge in [0.1, 0.15) is 0 Å². The lowest BCUT2D eigenvalue weighted by Crippen LogP contribution is -2.40. The predicted molar refractivity (Wildman–Crippen MR) is 97.0 cm³/mol. The fraction of sp³-hybridized carbons (Fsp3) is 0.950. The summed E-state index contributed by atoms with van der Waals surface area (Å²) in [7, 11) is 0. The Morgan fingerprint density at radius 3 is 2.04 bits per heavy atom. The smallest absolute Gasteiger partial charge is 0.409 e. The number of nitrogens with zero attached hydrogens (tertiary/aromatic N) is 2. The van der Waals surface area contributed by atoms with Gasteiger partial charge in [-0.25, -0.2) is 4.79 Å². The molecule has 0 bridgehead atoms. The Balaban J connectivity index is 1.30. The van der Waals surface area contributed by atoms with Crippen molar-refractivity contribution in [1.82, 2.24) is 9.80 Å². The first-order valence-electron chi connectivity index (χ1n) is 10.2. The summed E-state index contributed by atoms with van der Waals surface area (Å²) in [5.74, 6) is 3.18. The van der Waals surface area contributed by atoms with Crippen LogP contribution < -0.4 is 0 Å². The van der Waals surface area contributed by atoms with Gasteiger partial charge in [-0.15, -0.1) is 0 Å². The summed E-state index contributed by atoms with van der Waals surface area (Å²) in [4.78, 5) is 16.6. The Hall–Kier alpha value is -0.770. The molecule has 2 aliphatic heterocycles. The van der Waals surface area contributed by atoms with Crippen molar-refractivity contribution in [1.29, 1.82) is 0 Å². The molecule has 0 atom stereocenters. The van der Waals surface area contributed by atoms with Crippen molar-refractivity contribution in [2.45, 2.75) is 58.8 Å². The monoisotopic (exact) mass is 336 g/mol. The highest BCUT2D eigenvalue weighted by Crippen LogP contribution is 2.33. The first-order chi connectivity index (χ1) is 11.6. The zero-order valence-corrected chi connectivity index (χ0v) is 15.7. The van der Waals surface area contributed by atoms with Crippen molar-refractivity contribution in [2.75, 3.05) is 39.3 Å². The van der Waals surface area contributed by atoms with Gasteiger partial charge < -0.3 is 14.5 Å². The Labute approximate surface area is 147 Å². The molecule has 4 nitrogen and oxygen atoms in total. The second-order valence-electron chi connectivity index (χ2n) is 8.82. The standard InChI is InChI=1S/C20H36N2O2/c1-16(2)15-24-20(23)22-11-7-18(8-12-22)13-17-5-9-21(10-6-17)14-19-3-4-19/h16-19H,3-15H2,1-2H3. The second kappa shape index (κ2) is 8.55. The van der Waals surface area contributed by atoms with E-state index < -0.39 is 0 Å². The molecule has 2 heterocycles. The highest BCUT2D eigenvalue weighted by Gasteiger charge is 2.29. The second-order valence-corrected chi connectivity index (χ2v) is 8.82. The van der Waals surface area contributed by atoms with Gasteiger partial charge in [0.15, 0.2) is 0 Å². The average molecular weight is 337 g/mol. The van der Waals surface area contributed by atoms with Gasteiger partial charge in [-0.05, 0) is 81.7 Å². The van der Waals surface area contributed by atoms with Crippen LogP contribution in [-0.4, -0.2) is 55.2 Å². The number of hydrogen-bond donors (Lipinski definition) is 0. The van der Waals surface area contributed by atoms with Crippen molar-refractivity contribution < 1.29 is 9.53 Å². The average Bonchev–Trinajstić information content (AvgIpc) is 3.39. The molecule has 2 saturated heterocycles. The van der Waals surface area contributed by atoms with Crippen molar-refractivity contribution >= 4 is 6.09 Å². The normalized spacial score (nSPS) is 24.5. The van der Waals surface area contributed by atoms with E-state index >= 15 is 0 Å². The zero-order valence-electron chi connectivity index (χ0n) is 15.7. The van der Waals surface area contributed by atoms with Crippen molar-refractivity contribution in [3.8, 4) is 0 Å². The van der Waals surface area contributed by atoms with Crippen molar-refractivity contribution in [2.24, 2.45) is 23.7 Å². The molecule has 0 aromatic rings. The molecule has 0 unspecified atom stereocenters. The molecule has 3 fully saturated rings. The first-order valence-corrected chi connectivity index (χ1v) is 10.2. The third-order valence-electron chi connectivity index (χ3n) is 6.00. The van der Waals surface area contributed by atoms with Crippen LogP contribution in [0.5, 0.6) is 0 Å². The van der Waals surface area contributed by atoms with E-state index in [0.717, 1.165) is 30.8 Å². The Morgan fingerprint density at radius 1 is 0.917 bits per heavy atom. The van der Waals surface area contributed by atoms with E-state index in [1.165, 1.54) is 64.6 Å². The van der Waals surface area contributed by atoms with E-state index in [1.807, 2.05) is 4.90 Å². The number of piperidine rings is 2. The maximum absolute atomic E-state index is 12.0. The zero-order chi connectivity index (χ0) is 16.9. The first kappa shape index (κ1) is 18.0. The van der Waals surface area contributed by atoms with E-state index in [2.05, 4.69) is 18.7 Å². The molecule has 138 valence electrons. The van der Waals surface area contributed by atoms with Crippen LogP contribution in [0.1, 0.15) is 58.8 Å². The van der Waals surface area contributed by atoms with Gasteiger partial charge in [0, 0.05) is 19.6 Å². The quantitative estimate of drug-likeness (QED) is 0.735. The summed E-state index contributed by atoms with van der Waals surface area (Å²) in [5, 5.41) is 0. The van der Waals surface area contributed by atoms with E-state index in [1.54, 1.807) is 0 Å². The topological polar surface area (TPSA) is 32.8 Å². The minimum absolute atomic E-state index is 0.101. The van der Waals surface area contributed by atoms with Crippen LogP contribution >= 0.6 is 0 Å². The molecule has 0 radical (unpaired) electrons. The molecule has 24 heavy (non-hydrogen) atoms. The fourth-order valence-corrected chi connectivity index (χ4v) is 4.22. The summed E-state index contributed by atoms with van der Waals surface area (Å²) < 4.78 is 5.36. The number of carbonyl (C=O) groups is 1. The van der Waals surface area contributed by atoms with E-state index in [0.29, 0.717) is 12.5 Å². The molecule has 1 amide bonds. The Kier molecular flexibility index (Phi) is 6.43. The predicted octanol–water partition coefficient (Wildman–Crippen LogP) is 4.00. The molecule has 0 spiro atoms. The van der Waals surface area contributed by atoms with Crippen LogP contribution in [0.15, 0.2) is 0 Å². The summed E-state index contributed by atoms with van der Waals surface area (Å²) in [5.41, 5.74) is 0. The van der Waals surface area contributed by atoms with Gasteiger partial charge in [-0.1, -0.05) is 13.8 Å². The number of hydrogen-bond acceptors (Lipinski definition) is 3. The van der Waals surface area contributed by atoms with Gasteiger partial charge >= 0.3 is 6.09 Å². The lowest BCUT2D eigenvalue weighted by atomic mass is 9.83. The lowest BCUT2D eigenvalue weighted by molar-refractivity contribution is 0.0742. The van der Waals surface area contributed by atoms with Gasteiger partial charge in [-0.2, -0.15) is 0 Å². The summed E-state index contributed by atoms with van der Waals surface area (Å²) in [6, 6.07) is 0. The van der Waals surface area contributed by atoms with E-state index in [4.69, 9.17) is 4.74 Å². The number of carbonyl (C=O) groups excluding carboxylic acids is 1. The molecule has 3 rings (SSSR count). The molecule has 0 N–H and O–H groups in total. The van der Waals surface area contributed by atoms with Crippen molar-refractivity contribution in [3.05, 3.63) is 0 Å². The fourth-order valence-electron chi connectivity index (χ4n) is 4.22. The summed E-state index contributed by atoms with van der Waals surface area (Å²) in [6.45, 7) is 10.5. The van der Waals surface area contributed by atoms with E-state index in [-0.39, 0.29) is 6.09 Å². The van der Waals surface area contributed by atoms with Crippen LogP contribution in [0.3, 0.4) is 0 Å². The molecular formula is C20H36N2O2. The van der Waals surface area contributed by atoms with Gasteiger partial charge in [0.05, 0.1) is 6.61 Å². The lowest BCUT2D eigenvalue weighted by Gasteiger charge is -2.36. The Bertz CT molecular complexity index is 392. The third-order valence-corrected chi connectivity index (χ3v) is 6.00. The number of ether oxygens (including phenoxy) is 1. The Morgan fingerprint density at radius 2 is 1.50 bits per heavy atom. The molecule has 0 aromatic heterocycles. The van der Waals surface area contributed by atoms with Crippen LogP contribution in [0, 0.1) is 23.7 Å². The van der Waals surface area contributed by atoms with E-state index in [9.17, 15) is 4.79 Å². The molecule has 1 saturated carbocycles. The van der Waals surface area contributed by atoms with Gasteiger partial charge in [0.25, 0.3) is 0 Å². The SMILES string of the molecule is CC(C)COC(=O)N1CCC(CC2CCN(CC3CC3)CC2)CC1. The minimum atomic E-state index is -0.101. The molecular weight excluding hydrogens is 300 g/mol. The maximum atomic E-state index is 12.0. The molecule has 3 aliphatic rings. The molecule has 0 aromatic carbocycles. The molecule has 4 heteroatoms. The number of likely N-dealkylation sites (tertiary alicyclic amines) is 2. The number of rotatable bonds is 6. The third kappa shape index (κ3) is 5.65. The number of amides is 1. The van der Waals surface area contributed by atoms with Crippen LogP contribution in [-0.2, 0) is 4.74 Å². The van der Waals surface area contributed by atoms with Crippen LogP contribution in [0.25, 0.3) is 0 Å². The van der Waals surface area contributed by atoms with Gasteiger partial charge in [0.2, 0.25) is 0 Å².